The highest BCUT2D eigenvalue weighted by molar-refractivity contribution is 7.15. The second-order valence-electron chi connectivity index (χ2n) is 3.55. The predicted octanol–water partition coefficient (Wildman–Crippen LogP) is 1.74. The van der Waals surface area contributed by atoms with Gasteiger partial charge in [0, 0.05) is 11.1 Å². The van der Waals surface area contributed by atoms with Crippen LogP contribution in [0.2, 0.25) is 9.49 Å². The highest BCUT2D eigenvalue weighted by Crippen LogP contribution is 2.23. The van der Waals surface area contributed by atoms with Crippen molar-refractivity contribution in [1.82, 2.24) is 4.98 Å². The largest absolute Gasteiger partial charge is 0.488 e. The van der Waals surface area contributed by atoms with Gasteiger partial charge >= 0.3 is 7.12 Å². The van der Waals surface area contributed by atoms with Crippen molar-refractivity contribution in [3.05, 3.63) is 38.8 Å². The molecule has 94 valence electrons. The highest BCUT2D eigenvalue weighted by Gasteiger charge is 2.12. The fraction of sp³-hybridized carbons (Fsp3) is 0.100. The quantitative estimate of drug-likeness (QED) is 0.753. The van der Waals surface area contributed by atoms with Gasteiger partial charge in [-0.15, -0.1) is 11.3 Å². The molecule has 0 saturated heterocycles. The highest BCUT2D eigenvalue weighted by atomic mass is 35.5. The van der Waals surface area contributed by atoms with Crippen LogP contribution in [0.15, 0.2) is 24.4 Å². The van der Waals surface area contributed by atoms with Crippen LogP contribution < -0.4 is 10.8 Å². The minimum absolute atomic E-state index is 0.379. The van der Waals surface area contributed by atoms with Crippen molar-refractivity contribution >= 4 is 52.8 Å². The van der Waals surface area contributed by atoms with Crippen LogP contribution in [-0.4, -0.2) is 22.2 Å². The summed E-state index contributed by atoms with van der Waals surface area (Å²) in [6, 6.07) is 4.76. The lowest BCUT2D eigenvalue weighted by molar-refractivity contribution is 0.426. The van der Waals surface area contributed by atoms with E-state index in [4.69, 9.17) is 33.2 Å². The Hall–Kier alpha value is -0.785. The van der Waals surface area contributed by atoms with E-state index in [0.717, 1.165) is 4.88 Å². The molecular formula is C10H9BCl2N2O2S. The standard InChI is InChI=1S/C10H9BCl2N2O2S/c12-8-2-1-6(11(16)17)3-9(8)14-4-7-5-15-10(13)18-7/h1-3,5,14,16-17H,4H2. The summed E-state index contributed by atoms with van der Waals surface area (Å²) in [5.41, 5.74) is 1.01. The fourth-order valence-electron chi connectivity index (χ4n) is 1.39. The van der Waals surface area contributed by atoms with Crippen molar-refractivity contribution in [2.75, 3.05) is 5.32 Å². The smallest absolute Gasteiger partial charge is 0.423 e. The van der Waals surface area contributed by atoms with Crippen molar-refractivity contribution < 1.29 is 10.0 Å². The van der Waals surface area contributed by atoms with Gasteiger partial charge < -0.3 is 15.4 Å². The van der Waals surface area contributed by atoms with E-state index in [1.54, 1.807) is 24.4 Å². The van der Waals surface area contributed by atoms with Gasteiger partial charge in [0.05, 0.1) is 17.3 Å². The molecule has 0 atom stereocenters. The summed E-state index contributed by atoms with van der Waals surface area (Å²) in [6.45, 7) is 0.523. The van der Waals surface area contributed by atoms with Gasteiger partial charge in [0.2, 0.25) is 0 Å². The molecule has 0 unspecified atom stereocenters. The molecule has 1 aromatic heterocycles. The first-order chi connectivity index (χ1) is 8.56. The van der Waals surface area contributed by atoms with Gasteiger partial charge in [0.15, 0.2) is 4.47 Å². The topological polar surface area (TPSA) is 65.4 Å². The molecule has 0 radical (unpaired) electrons. The molecular weight excluding hydrogens is 294 g/mol. The van der Waals surface area contributed by atoms with Gasteiger partial charge in [0.25, 0.3) is 0 Å². The molecule has 18 heavy (non-hydrogen) atoms. The van der Waals surface area contributed by atoms with E-state index in [0.29, 0.717) is 27.2 Å². The van der Waals surface area contributed by atoms with Crippen LogP contribution in [0.4, 0.5) is 5.69 Å². The lowest BCUT2D eigenvalue weighted by Gasteiger charge is -2.09. The summed E-state index contributed by atoms with van der Waals surface area (Å²) in [5, 5.41) is 21.8. The SMILES string of the molecule is OB(O)c1ccc(Cl)c(NCc2cnc(Cl)s2)c1. The van der Waals surface area contributed by atoms with Gasteiger partial charge in [-0.25, -0.2) is 4.98 Å². The van der Waals surface area contributed by atoms with E-state index in [1.165, 1.54) is 11.3 Å². The maximum absolute atomic E-state index is 9.09. The van der Waals surface area contributed by atoms with Crippen LogP contribution in [0.25, 0.3) is 0 Å². The number of benzene rings is 1. The summed E-state index contributed by atoms with van der Waals surface area (Å²) >= 11 is 13.1. The van der Waals surface area contributed by atoms with Crippen LogP contribution in [0.3, 0.4) is 0 Å². The number of halogens is 2. The fourth-order valence-corrected chi connectivity index (χ4v) is 2.49. The van der Waals surface area contributed by atoms with Crippen molar-refractivity contribution in [3.8, 4) is 0 Å². The number of hydrogen-bond donors (Lipinski definition) is 3. The molecule has 2 rings (SSSR count). The second-order valence-corrected chi connectivity index (χ2v) is 5.65. The molecule has 1 aromatic carbocycles. The Bertz CT molecular complexity index is 550. The third kappa shape index (κ3) is 3.37. The predicted molar refractivity (Wildman–Crippen MR) is 75.7 cm³/mol. The summed E-state index contributed by atoms with van der Waals surface area (Å²) < 4.78 is 0.484. The molecule has 8 heteroatoms. The minimum atomic E-state index is -1.51. The molecule has 0 bridgehead atoms. The summed E-state index contributed by atoms with van der Waals surface area (Å²) in [4.78, 5) is 4.89. The third-order valence-electron chi connectivity index (χ3n) is 2.27. The molecule has 0 saturated carbocycles. The Labute approximate surface area is 118 Å². The van der Waals surface area contributed by atoms with Crippen molar-refractivity contribution in [1.29, 1.82) is 0 Å². The van der Waals surface area contributed by atoms with E-state index < -0.39 is 7.12 Å². The second kappa shape index (κ2) is 5.90. The van der Waals surface area contributed by atoms with E-state index in [2.05, 4.69) is 10.3 Å². The van der Waals surface area contributed by atoms with Crippen molar-refractivity contribution in [3.63, 3.8) is 0 Å². The number of anilines is 1. The number of rotatable bonds is 4. The van der Waals surface area contributed by atoms with Gasteiger partial charge in [-0.05, 0) is 17.6 Å². The Kier molecular flexibility index (Phi) is 4.47. The lowest BCUT2D eigenvalue weighted by atomic mass is 9.80. The third-order valence-corrected chi connectivity index (χ3v) is 3.71. The molecule has 0 aliphatic heterocycles. The molecule has 1 heterocycles. The number of aromatic nitrogens is 1. The van der Waals surface area contributed by atoms with Crippen LogP contribution in [0.5, 0.6) is 0 Å². The van der Waals surface area contributed by atoms with Gasteiger partial charge in [0.1, 0.15) is 0 Å². The van der Waals surface area contributed by atoms with E-state index in [-0.39, 0.29) is 0 Å². The molecule has 4 nitrogen and oxygen atoms in total. The zero-order chi connectivity index (χ0) is 13.1. The van der Waals surface area contributed by atoms with Crippen LogP contribution in [-0.2, 0) is 6.54 Å². The summed E-state index contributed by atoms with van der Waals surface area (Å²) in [5.74, 6) is 0. The molecule has 0 aliphatic carbocycles. The molecule has 0 aliphatic rings. The van der Waals surface area contributed by atoms with E-state index in [9.17, 15) is 0 Å². The number of hydrogen-bond acceptors (Lipinski definition) is 5. The Morgan fingerprint density at radius 1 is 1.33 bits per heavy atom. The van der Waals surface area contributed by atoms with Crippen LogP contribution in [0, 0.1) is 0 Å². The molecule has 3 N–H and O–H groups in total. The zero-order valence-electron chi connectivity index (χ0n) is 9.10. The number of thiazole rings is 1. The minimum Gasteiger partial charge on any atom is -0.423 e. The first-order valence-electron chi connectivity index (χ1n) is 5.06. The van der Waals surface area contributed by atoms with Gasteiger partial charge in [-0.1, -0.05) is 29.3 Å². The zero-order valence-corrected chi connectivity index (χ0v) is 11.4. The molecule has 0 spiro atoms. The maximum atomic E-state index is 9.09. The van der Waals surface area contributed by atoms with E-state index >= 15 is 0 Å². The van der Waals surface area contributed by atoms with Crippen molar-refractivity contribution in [2.24, 2.45) is 0 Å². The van der Waals surface area contributed by atoms with Crippen LogP contribution >= 0.6 is 34.5 Å². The summed E-state index contributed by atoms with van der Waals surface area (Å²) in [7, 11) is -1.51. The van der Waals surface area contributed by atoms with Gasteiger partial charge in [-0.3, -0.25) is 0 Å². The summed E-state index contributed by atoms with van der Waals surface area (Å²) in [6.07, 6.45) is 1.68. The first-order valence-corrected chi connectivity index (χ1v) is 6.63. The Morgan fingerprint density at radius 3 is 2.72 bits per heavy atom. The number of nitrogens with zero attached hydrogens (tertiary/aromatic N) is 1. The molecule has 2 aromatic rings. The normalized spacial score (nSPS) is 10.4. The Morgan fingerprint density at radius 2 is 2.11 bits per heavy atom. The van der Waals surface area contributed by atoms with Gasteiger partial charge in [-0.2, -0.15) is 0 Å². The van der Waals surface area contributed by atoms with Crippen LogP contribution in [0.1, 0.15) is 4.88 Å². The monoisotopic (exact) mass is 302 g/mol. The Balaban J connectivity index is 2.10. The average molecular weight is 303 g/mol. The molecule has 0 fully saturated rings. The lowest BCUT2D eigenvalue weighted by Crippen LogP contribution is -2.29. The maximum Gasteiger partial charge on any atom is 0.488 e. The molecule has 0 amide bonds. The average Bonchev–Trinajstić information content (AvgIpc) is 2.74. The first kappa shape index (κ1) is 13.6. The number of nitrogens with one attached hydrogen (secondary N) is 1. The van der Waals surface area contributed by atoms with Crippen molar-refractivity contribution in [2.45, 2.75) is 6.54 Å². The van der Waals surface area contributed by atoms with E-state index in [1.807, 2.05) is 0 Å².